The fourth-order valence-corrected chi connectivity index (χ4v) is 5.54. The SMILES string of the molecule is CCOC(=O)[C@@H]1CCCN(C(=O)c2ccc(NC(=O)N3CCSc4nc(C)cc(C)c43)cc2)C1. The second-order valence-corrected chi connectivity index (χ2v) is 9.67. The van der Waals surface area contributed by atoms with Gasteiger partial charge >= 0.3 is 12.0 Å². The van der Waals surface area contributed by atoms with E-state index in [4.69, 9.17) is 4.74 Å². The average molecular weight is 483 g/mol. The van der Waals surface area contributed by atoms with Crippen molar-refractivity contribution in [3.8, 4) is 0 Å². The number of urea groups is 1. The third-order valence-electron chi connectivity index (χ3n) is 6.06. The largest absolute Gasteiger partial charge is 0.466 e. The molecule has 1 saturated heterocycles. The summed E-state index contributed by atoms with van der Waals surface area (Å²) in [5, 5.41) is 3.82. The molecule has 180 valence electrons. The van der Waals surface area contributed by atoms with E-state index < -0.39 is 0 Å². The van der Waals surface area contributed by atoms with Crippen molar-refractivity contribution in [1.29, 1.82) is 0 Å². The van der Waals surface area contributed by atoms with Gasteiger partial charge in [-0.1, -0.05) is 0 Å². The number of esters is 1. The second-order valence-electron chi connectivity index (χ2n) is 8.58. The molecule has 3 amide bonds. The molecule has 2 aliphatic rings. The molecule has 1 atom stereocenters. The molecule has 4 rings (SSSR count). The topological polar surface area (TPSA) is 91.8 Å². The third kappa shape index (κ3) is 5.19. The number of pyridine rings is 1. The number of amides is 3. The van der Waals surface area contributed by atoms with Gasteiger partial charge in [0, 0.05) is 42.3 Å². The van der Waals surface area contributed by atoms with Crippen LogP contribution in [-0.4, -0.2) is 59.8 Å². The molecule has 34 heavy (non-hydrogen) atoms. The molecule has 1 aromatic carbocycles. The van der Waals surface area contributed by atoms with E-state index in [1.165, 1.54) is 0 Å². The molecule has 1 N–H and O–H groups in total. The monoisotopic (exact) mass is 482 g/mol. The molecule has 0 radical (unpaired) electrons. The molecule has 9 heteroatoms. The Bertz CT molecular complexity index is 1090. The average Bonchev–Trinajstić information content (AvgIpc) is 2.83. The Balaban J connectivity index is 1.41. The van der Waals surface area contributed by atoms with Crippen LogP contribution < -0.4 is 10.2 Å². The van der Waals surface area contributed by atoms with E-state index in [1.807, 2.05) is 19.9 Å². The number of nitrogens with zero attached hydrogens (tertiary/aromatic N) is 3. The summed E-state index contributed by atoms with van der Waals surface area (Å²) in [6.45, 7) is 7.66. The molecule has 3 heterocycles. The Hall–Kier alpha value is -3.07. The van der Waals surface area contributed by atoms with Crippen molar-refractivity contribution in [2.24, 2.45) is 5.92 Å². The Morgan fingerprint density at radius 1 is 1.18 bits per heavy atom. The van der Waals surface area contributed by atoms with Crippen LogP contribution in [-0.2, 0) is 9.53 Å². The molecule has 2 aromatic rings. The molecule has 8 nitrogen and oxygen atoms in total. The third-order valence-corrected chi connectivity index (χ3v) is 7.00. The summed E-state index contributed by atoms with van der Waals surface area (Å²) in [5.41, 5.74) is 3.95. The van der Waals surface area contributed by atoms with Gasteiger partial charge in [0.25, 0.3) is 5.91 Å². The van der Waals surface area contributed by atoms with Crippen LogP contribution in [0.25, 0.3) is 0 Å². The highest BCUT2D eigenvalue weighted by Crippen LogP contribution is 2.36. The maximum absolute atomic E-state index is 13.0. The number of aromatic nitrogens is 1. The Labute approximate surface area is 204 Å². The van der Waals surface area contributed by atoms with Crippen molar-refractivity contribution >= 4 is 41.0 Å². The van der Waals surface area contributed by atoms with Crippen LogP contribution in [0.1, 0.15) is 41.4 Å². The zero-order valence-electron chi connectivity index (χ0n) is 19.8. The number of carbonyl (C=O) groups excluding carboxylic acids is 3. The predicted molar refractivity (Wildman–Crippen MR) is 133 cm³/mol. The van der Waals surface area contributed by atoms with Crippen molar-refractivity contribution in [1.82, 2.24) is 9.88 Å². The Morgan fingerprint density at radius 3 is 2.68 bits per heavy atom. The van der Waals surface area contributed by atoms with Crippen LogP contribution in [0, 0.1) is 19.8 Å². The van der Waals surface area contributed by atoms with E-state index in [-0.39, 0.29) is 23.8 Å². The molecule has 0 aliphatic carbocycles. The molecule has 2 aliphatic heterocycles. The minimum absolute atomic E-state index is 0.120. The van der Waals surface area contributed by atoms with Crippen molar-refractivity contribution in [2.75, 3.05) is 42.2 Å². The number of hydrogen-bond donors (Lipinski definition) is 1. The van der Waals surface area contributed by atoms with Crippen molar-refractivity contribution in [3.05, 3.63) is 47.2 Å². The summed E-state index contributed by atoms with van der Waals surface area (Å²) in [6, 6.07) is 8.65. The number of hydrogen-bond acceptors (Lipinski definition) is 6. The van der Waals surface area contributed by atoms with Crippen LogP contribution in [0.4, 0.5) is 16.2 Å². The zero-order chi connectivity index (χ0) is 24.2. The van der Waals surface area contributed by atoms with E-state index in [0.717, 1.165) is 40.6 Å². The lowest BCUT2D eigenvalue weighted by atomic mass is 9.97. The predicted octanol–water partition coefficient (Wildman–Crippen LogP) is 4.26. The van der Waals surface area contributed by atoms with Gasteiger partial charge in [0.05, 0.1) is 18.2 Å². The molecule has 1 fully saturated rings. The van der Waals surface area contributed by atoms with Crippen molar-refractivity contribution in [2.45, 2.75) is 38.6 Å². The number of thioether (sulfide) groups is 1. The summed E-state index contributed by atoms with van der Waals surface area (Å²) in [6.07, 6.45) is 1.51. The molecular weight excluding hydrogens is 452 g/mol. The van der Waals surface area contributed by atoms with Crippen molar-refractivity contribution in [3.63, 3.8) is 0 Å². The zero-order valence-corrected chi connectivity index (χ0v) is 20.6. The number of fused-ring (bicyclic) bond motifs is 1. The number of rotatable bonds is 4. The number of likely N-dealkylation sites (tertiary alicyclic amines) is 1. The summed E-state index contributed by atoms with van der Waals surface area (Å²) < 4.78 is 5.13. The molecule has 0 spiro atoms. The summed E-state index contributed by atoms with van der Waals surface area (Å²) in [7, 11) is 0. The number of ether oxygens (including phenoxy) is 1. The van der Waals surface area contributed by atoms with Gasteiger partial charge in [0.2, 0.25) is 0 Å². The van der Waals surface area contributed by atoms with E-state index in [2.05, 4.69) is 10.3 Å². The maximum atomic E-state index is 13.0. The fourth-order valence-electron chi connectivity index (χ4n) is 4.46. The summed E-state index contributed by atoms with van der Waals surface area (Å²) >= 11 is 1.66. The molecule has 0 unspecified atom stereocenters. The second kappa shape index (κ2) is 10.5. The minimum atomic E-state index is -0.275. The quantitative estimate of drug-likeness (QED) is 0.655. The lowest BCUT2D eigenvalue weighted by molar-refractivity contribution is -0.149. The summed E-state index contributed by atoms with van der Waals surface area (Å²) in [5.74, 6) is 0.151. The van der Waals surface area contributed by atoms with E-state index in [0.29, 0.717) is 37.5 Å². The lowest BCUT2D eigenvalue weighted by Gasteiger charge is -2.31. The molecule has 0 bridgehead atoms. The highest BCUT2D eigenvalue weighted by Gasteiger charge is 2.30. The van der Waals surface area contributed by atoms with Crippen LogP contribution in [0.5, 0.6) is 0 Å². The smallest absolute Gasteiger partial charge is 0.326 e. The van der Waals surface area contributed by atoms with Gasteiger partial charge in [-0.25, -0.2) is 9.78 Å². The maximum Gasteiger partial charge on any atom is 0.326 e. The van der Waals surface area contributed by atoms with Gasteiger partial charge in [-0.2, -0.15) is 0 Å². The van der Waals surface area contributed by atoms with Gasteiger partial charge in [-0.05, 0) is 69.5 Å². The number of benzene rings is 1. The first-order valence-electron chi connectivity index (χ1n) is 11.6. The number of piperidine rings is 1. The van der Waals surface area contributed by atoms with Crippen molar-refractivity contribution < 1.29 is 19.1 Å². The number of nitrogens with one attached hydrogen (secondary N) is 1. The molecule has 0 saturated carbocycles. The number of aryl methyl sites for hydroxylation is 2. The minimum Gasteiger partial charge on any atom is -0.466 e. The Morgan fingerprint density at radius 2 is 1.94 bits per heavy atom. The van der Waals surface area contributed by atoms with Gasteiger partial charge in [0.1, 0.15) is 5.03 Å². The first kappa shape index (κ1) is 24.1. The van der Waals surface area contributed by atoms with E-state index in [9.17, 15) is 14.4 Å². The Kier molecular flexibility index (Phi) is 7.41. The highest BCUT2D eigenvalue weighted by molar-refractivity contribution is 7.99. The van der Waals surface area contributed by atoms with Gasteiger partial charge in [-0.15, -0.1) is 11.8 Å². The van der Waals surface area contributed by atoms with Crippen LogP contribution in [0.2, 0.25) is 0 Å². The van der Waals surface area contributed by atoms with Crippen LogP contribution >= 0.6 is 11.8 Å². The molecule has 1 aromatic heterocycles. The first-order valence-corrected chi connectivity index (χ1v) is 12.6. The molecular formula is C25H30N4O4S. The number of anilines is 2. The fraction of sp³-hybridized carbons (Fsp3) is 0.440. The summed E-state index contributed by atoms with van der Waals surface area (Å²) in [4.78, 5) is 46.1. The highest BCUT2D eigenvalue weighted by atomic mass is 32.2. The van der Waals surface area contributed by atoms with Crippen LogP contribution in [0.15, 0.2) is 35.4 Å². The van der Waals surface area contributed by atoms with E-state index in [1.54, 1.807) is 52.8 Å². The van der Waals surface area contributed by atoms with Crippen LogP contribution in [0.3, 0.4) is 0 Å². The standard InChI is InChI=1S/C25H30N4O4S/c1-4-33-24(31)19-6-5-11-28(15-19)23(30)18-7-9-20(10-8-18)27-25(32)29-12-13-34-22-21(29)16(2)14-17(3)26-22/h7-10,14,19H,4-6,11-13,15H2,1-3H3,(H,27,32)/t19-/m1/s1. The first-order chi connectivity index (χ1) is 16.4. The number of carbonyl (C=O) groups is 3. The normalized spacial score (nSPS) is 17.7. The van der Waals surface area contributed by atoms with Gasteiger partial charge in [-0.3, -0.25) is 14.5 Å². The van der Waals surface area contributed by atoms with Gasteiger partial charge in [0.15, 0.2) is 0 Å². The van der Waals surface area contributed by atoms with E-state index >= 15 is 0 Å². The lowest BCUT2D eigenvalue weighted by Crippen LogP contribution is -2.42. The van der Waals surface area contributed by atoms with Gasteiger partial charge < -0.3 is 15.0 Å².